The zero-order valence-electron chi connectivity index (χ0n) is 10.7. The number of benzene rings is 1. The van der Waals surface area contributed by atoms with Crippen LogP contribution in [0.3, 0.4) is 0 Å². The molecular weight excluding hydrogens is 319 g/mol. The van der Waals surface area contributed by atoms with Crippen molar-refractivity contribution in [2.75, 3.05) is 0 Å². The summed E-state index contributed by atoms with van der Waals surface area (Å²) in [7, 11) is 0. The molecule has 0 N–H and O–H groups in total. The zero-order valence-corrected chi connectivity index (χ0v) is 11.5. The lowest BCUT2D eigenvalue weighted by Gasteiger charge is -2.07. The highest BCUT2D eigenvalue weighted by Gasteiger charge is 2.30. The Kier molecular flexibility index (Phi) is 4.32. The molecule has 0 unspecified atom stereocenters. The fourth-order valence-electron chi connectivity index (χ4n) is 1.54. The zero-order chi connectivity index (χ0) is 16.3. The number of hydrogen-bond donors (Lipinski definition) is 0. The van der Waals surface area contributed by atoms with E-state index in [9.17, 15) is 23.3 Å². The van der Waals surface area contributed by atoms with Crippen molar-refractivity contribution in [3.63, 3.8) is 0 Å². The van der Waals surface area contributed by atoms with E-state index in [0.717, 1.165) is 23.9 Å². The predicted octanol–water partition coefficient (Wildman–Crippen LogP) is 4.03. The lowest BCUT2D eigenvalue weighted by Crippen LogP contribution is -2.05. The van der Waals surface area contributed by atoms with E-state index in [2.05, 4.69) is 4.98 Å². The van der Waals surface area contributed by atoms with Gasteiger partial charge in [0.05, 0.1) is 27.0 Å². The number of nitriles is 1. The molecule has 0 fully saturated rings. The molecule has 22 heavy (non-hydrogen) atoms. The smallest absolute Gasteiger partial charge is 0.258 e. The van der Waals surface area contributed by atoms with Crippen molar-refractivity contribution in [1.82, 2.24) is 4.98 Å². The lowest BCUT2D eigenvalue weighted by molar-refractivity contribution is -0.387. The third kappa shape index (κ3) is 3.53. The standard InChI is InChI=1S/C13H6F3N3O2S/c14-13(15,16)9-2-4-12(18-7-9)22-11-5-8(6-17)1-3-10(11)19(20)21/h1-5,7H. The lowest BCUT2D eigenvalue weighted by atomic mass is 10.2. The minimum absolute atomic E-state index is 0.135. The van der Waals surface area contributed by atoms with E-state index < -0.39 is 16.7 Å². The molecule has 0 bridgehead atoms. The van der Waals surface area contributed by atoms with Crippen LogP contribution in [0.5, 0.6) is 0 Å². The highest BCUT2D eigenvalue weighted by atomic mass is 32.2. The van der Waals surface area contributed by atoms with Crippen molar-refractivity contribution in [2.45, 2.75) is 16.1 Å². The van der Waals surface area contributed by atoms with Crippen molar-refractivity contribution in [2.24, 2.45) is 0 Å². The molecule has 1 aromatic heterocycles. The van der Waals surface area contributed by atoms with Gasteiger partial charge in [-0.05, 0) is 24.3 Å². The molecule has 2 rings (SSSR count). The van der Waals surface area contributed by atoms with Crippen molar-refractivity contribution < 1.29 is 18.1 Å². The van der Waals surface area contributed by atoms with Gasteiger partial charge in [0, 0.05) is 12.3 Å². The molecule has 0 radical (unpaired) electrons. The topological polar surface area (TPSA) is 79.8 Å². The Balaban J connectivity index is 2.34. The highest BCUT2D eigenvalue weighted by molar-refractivity contribution is 7.99. The fourth-order valence-corrected chi connectivity index (χ4v) is 2.44. The number of alkyl halides is 3. The highest BCUT2D eigenvalue weighted by Crippen LogP contribution is 2.35. The molecule has 2 aromatic rings. The third-order valence-electron chi connectivity index (χ3n) is 2.56. The van der Waals surface area contributed by atoms with Crippen LogP contribution in [-0.2, 0) is 6.18 Å². The summed E-state index contributed by atoms with van der Waals surface area (Å²) in [6.07, 6.45) is -3.84. The summed E-state index contributed by atoms with van der Waals surface area (Å²) in [5.74, 6) is 0. The van der Waals surface area contributed by atoms with Gasteiger partial charge in [-0.25, -0.2) is 4.98 Å². The first kappa shape index (κ1) is 15.8. The number of hydrogen-bond acceptors (Lipinski definition) is 5. The van der Waals surface area contributed by atoms with Gasteiger partial charge >= 0.3 is 6.18 Å². The average molecular weight is 325 g/mol. The largest absolute Gasteiger partial charge is 0.417 e. The molecule has 1 heterocycles. The average Bonchev–Trinajstić information content (AvgIpc) is 2.46. The molecule has 0 amide bonds. The van der Waals surface area contributed by atoms with Crippen molar-refractivity contribution >= 4 is 17.4 Å². The van der Waals surface area contributed by atoms with Gasteiger partial charge in [0.15, 0.2) is 0 Å². The molecule has 0 saturated carbocycles. The molecule has 0 atom stereocenters. The molecule has 0 aliphatic carbocycles. The van der Waals surface area contributed by atoms with Crippen molar-refractivity contribution in [1.29, 1.82) is 5.26 Å². The van der Waals surface area contributed by atoms with Gasteiger partial charge in [0.25, 0.3) is 5.69 Å². The van der Waals surface area contributed by atoms with Crippen molar-refractivity contribution in [3.8, 4) is 6.07 Å². The number of aromatic nitrogens is 1. The summed E-state index contributed by atoms with van der Waals surface area (Å²) in [4.78, 5) is 14.1. The SMILES string of the molecule is N#Cc1ccc([N+](=O)[O-])c(Sc2ccc(C(F)(F)F)cn2)c1. The second kappa shape index (κ2) is 6.03. The Bertz CT molecular complexity index is 755. The minimum Gasteiger partial charge on any atom is -0.258 e. The maximum absolute atomic E-state index is 12.4. The maximum atomic E-state index is 12.4. The van der Waals surface area contributed by atoms with Gasteiger partial charge in [-0.3, -0.25) is 10.1 Å². The maximum Gasteiger partial charge on any atom is 0.417 e. The molecule has 0 aliphatic rings. The number of nitro benzene ring substituents is 1. The summed E-state index contributed by atoms with van der Waals surface area (Å²) >= 11 is 0.820. The number of nitro groups is 1. The number of pyridine rings is 1. The van der Waals surface area contributed by atoms with E-state index in [1.165, 1.54) is 18.2 Å². The van der Waals surface area contributed by atoms with E-state index >= 15 is 0 Å². The summed E-state index contributed by atoms with van der Waals surface area (Å²) in [5.41, 5.74) is -0.942. The van der Waals surface area contributed by atoms with Gasteiger partial charge in [0.1, 0.15) is 5.03 Å². The van der Waals surface area contributed by atoms with Gasteiger partial charge in [-0.15, -0.1) is 0 Å². The normalized spacial score (nSPS) is 11.0. The molecule has 9 heteroatoms. The van der Waals surface area contributed by atoms with E-state index in [1.54, 1.807) is 0 Å². The summed E-state index contributed by atoms with van der Waals surface area (Å²) in [6, 6.07) is 7.57. The molecule has 0 aliphatic heterocycles. The van der Waals surface area contributed by atoms with Crippen LogP contribution in [0.2, 0.25) is 0 Å². The first-order valence-corrected chi connectivity index (χ1v) is 6.52. The van der Waals surface area contributed by atoms with E-state index in [1.807, 2.05) is 6.07 Å². The van der Waals surface area contributed by atoms with Crippen LogP contribution in [0.15, 0.2) is 46.5 Å². The van der Waals surface area contributed by atoms with Gasteiger partial charge in [-0.2, -0.15) is 18.4 Å². The second-order valence-electron chi connectivity index (χ2n) is 4.04. The Hall–Kier alpha value is -2.60. The summed E-state index contributed by atoms with van der Waals surface area (Å²) < 4.78 is 37.3. The van der Waals surface area contributed by atoms with Crippen LogP contribution in [0.4, 0.5) is 18.9 Å². The molecule has 5 nitrogen and oxygen atoms in total. The predicted molar refractivity (Wildman–Crippen MR) is 71.2 cm³/mol. The number of rotatable bonds is 3. The minimum atomic E-state index is -4.50. The van der Waals surface area contributed by atoms with Crippen LogP contribution >= 0.6 is 11.8 Å². The quantitative estimate of drug-likeness (QED) is 0.628. The Labute approximate surface area is 126 Å². The van der Waals surface area contributed by atoms with Gasteiger partial charge < -0.3 is 0 Å². The molecule has 0 spiro atoms. The molecule has 0 saturated heterocycles. The molecule has 112 valence electrons. The summed E-state index contributed by atoms with van der Waals surface area (Å²) in [5, 5.41) is 19.9. The van der Waals surface area contributed by atoms with Crippen molar-refractivity contribution in [3.05, 3.63) is 57.8 Å². The first-order valence-electron chi connectivity index (χ1n) is 5.71. The van der Waals surface area contributed by atoms with Crippen LogP contribution < -0.4 is 0 Å². The monoisotopic (exact) mass is 325 g/mol. The van der Waals surface area contributed by atoms with Crippen LogP contribution in [0.1, 0.15) is 11.1 Å². The molecular formula is C13H6F3N3O2S. The Morgan fingerprint density at radius 2 is 2.00 bits per heavy atom. The second-order valence-corrected chi connectivity index (χ2v) is 5.10. The van der Waals surface area contributed by atoms with Crippen LogP contribution in [-0.4, -0.2) is 9.91 Å². The van der Waals surface area contributed by atoms with Crippen LogP contribution in [0, 0.1) is 21.4 Å². The number of nitrogens with zero attached hydrogens (tertiary/aromatic N) is 3. The van der Waals surface area contributed by atoms with Gasteiger partial charge in [0.2, 0.25) is 0 Å². The first-order chi connectivity index (χ1) is 10.3. The Morgan fingerprint density at radius 3 is 2.50 bits per heavy atom. The number of halogens is 3. The Morgan fingerprint density at radius 1 is 1.27 bits per heavy atom. The van der Waals surface area contributed by atoms with Crippen LogP contribution in [0.25, 0.3) is 0 Å². The molecule has 1 aromatic carbocycles. The van der Waals surface area contributed by atoms with E-state index in [4.69, 9.17) is 5.26 Å². The summed E-state index contributed by atoms with van der Waals surface area (Å²) in [6.45, 7) is 0. The third-order valence-corrected chi connectivity index (χ3v) is 3.56. The fraction of sp³-hybridized carbons (Fsp3) is 0.0769. The van der Waals surface area contributed by atoms with Gasteiger partial charge in [-0.1, -0.05) is 11.8 Å². The van der Waals surface area contributed by atoms with E-state index in [0.29, 0.717) is 6.20 Å². The van der Waals surface area contributed by atoms with E-state index in [-0.39, 0.29) is 21.2 Å².